The van der Waals surface area contributed by atoms with Gasteiger partial charge < -0.3 is 9.13 Å². The van der Waals surface area contributed by atoms with Gasteiger partial charge in [-0.05, 0) is 172 Å². The second-order valence-corrected chi connectivity index (χ2v) is 27.4. The highest BCUT2D eigenvalue weighted by Crippen LogP contribution is 2.45. The zero-order valence-electron chi connectivity index (χ0n) is 53.3. The molecular weight excluding hydrogens is 1060 g/mol. The summed E-state index contributed by atoms with van der Waals surface area (Å²) in [7, 11) is 0. The van der Waals surface area contributed by atoms with Gasteiger partial charge in [-0.2, -0.15) is 0 Å². The van der Waals surface area contributed by atoms with Crippen LogP contribution >= 0.6 is 0 Å². The molecule has 4 heterocycles. The van der Waals surface area contributed by atoms with Crippen molar-refractivity contribution >= 4 is 89.8 Å². The van der Waals surface area contributed by atoms with Gasteiger partial charge in [0.2, 0.25) is 13.4 Å². The summed E-state index contributed by atoms with van der Waals surface area (Å²) in [5.41, 5.74) is 34.5. The maximum atomic E-state index is 2.73. The Morgan fingerprint density at radius 2 is 0.591 bits per heavy atom. The minimum absolute atomic E-state index is 0.111. The third kappa shape index (κ3) is 8.67. The second kappa shape index (κ2) is 21.5. The van der Waals surface area contributed by atoms with Crippen LogP contribution in [-0.4, -0.2) is 22.6 Å². The largest absolute Gasteiger partial charge is 0.310 e. The first-order valence-corrected chi connectivity index (χ1v) is 32.6. The van der Waals surface area contributed by atoms with Crippen molar-refractivity contribution in [2.24, 2.45) is 0 Å². The van der Waals surface area contributed by atoms with E-state index in [4.69, 9.17) is 0 Å². The van der Waals surface area contributed by atoms with Crippen LogP contribution in [0.2, 0.25) is 0 Å². The van der Waals surface area contributed by atoms with Gasteiger partial charge in [0.25, 0.3) is 0 Å². The first-order valence-electron chi connectivity index (χ1n) is 32.6. The summed E-state index contributed by atoms with van der Waals surface area (Å²) in [4.78, 5) is 0. The smallest absolute Gasteiger partial charge is 0.247 e. The molecule has 0 amide bonds. The predicted octanol–water partition coefficient (Wildman–Crippen LogP) is 18.9. The lowest BCUT2D eigenvalue weighted by Crippen LogP contribution is -2.61. The van der Waals surface area contributed by atoms with Crippen LogP contribution < -0.4 is 32.8 Å². The Morgan fingerprint density at radius 3 is 0.898 bits per heavy atom. The van der Waals surface area contributed by atoms with E-state index in [2.05, 4.69) is 311 Å². The van der Waals surface area contributed by atoms with Crippen molar-refractivity contribution in [1.29, 1.82) is 0 Å². The lowest BCUT2D eigenvalue weighted by Gasteiger charge is -2.36. The first kappa shape index (κ1) is 55.7. The van der Waals surface area contributed by atoms with E-state index < -0.39 is 0 Å². The Bertz CT molecular complexity index is 4530. The van der Waals surface area contributed by atoms with Crippen molar-refractivity contribution in [2.45, 2.75) is 119 Å². The van der Waals surface area contributed by atoms with Crippen LogP contribution in [0, 0.1) is 0 Å². The third-order valence-electron chi connectivity index (χ3n) is 20.0. The molecule has 2 aliphatic heterocycles. The van der Waals surface area contributed by atoms with Gasteiger partial charge in [-0.15, -0.1) is 0 Å². The summed E-state index contributed by atoms with van der Waals surface area (Å²) >= 11 is 0. The molecular formula is C84H78B2N2. The molecule has 0 saturated heterocycles. The fourth-order valence-electron chi connectivity index (χ4n) is 15.8. The summed E-state index contributed by atoms with van der Waals surface area (Å²) in [6.07, 6.45) is 0. The van der Waals surface area contributed by atoms with Crippen LogP contribution in [0.3, 0.4) is 0 Å². The molecule has 0 fully saturated rings. The minimum atomic E-state index is -0.111. The number of rotatable bonds is 12. The van der Waals surface area contributed by atoms with E-state index in [0.717, 1.165) is 0 Å². The molecule has 2 nitrogen and oxygen atoms in total. The molecule has 0 unspecified atom stereocenters. The van der Waals surface area contributed by atoms with E-state index in [1.54, 1.807) is 0 Å². The molecule has 13 aromatic rings. The van der Waals surface area contributed by atoms with Gasteiger partial charge in [-0.3, -0.25) is 0 Å². The average molecular weight is 1140 g/mol. The van der Waals surface area contributed by atoms with E-state index in [1.807, 2.05) is 0 Å². The lowest BCUT2D eigenvalue weighted by molar-refractivity contribution is 0.812. The molecule has 0 aliphatic carbocycles. The summed E-state index contributed by atoms with van der Waals surface area (Å²) in [6.45, 7) is 28.7. The van der Waals surface area contributed by atoms with Crippen molar-refractivity contribution in [3.05, 3.63) is 252 Å². The van der Waals surface area contributed by atoms with Crippen LogP contribution in [-0.2, 0) is 0 Å². The highest BCUT2D eigenvalue weighted by Gasteiger charge is 2.44. The van der Waals surface area contributed by atoms with Gasteiger partial charge in [0.15, 0.2) is 0 Å². The van der Waals surface area contributed by atoms with E-state index in [1.165, 1.54) is 166 Å². The van der Waals surface area contributed by atoms with Crippen LogP contribution in [0.15, 0.2) is 218 Å². The van der Waals surface area contributed by atoms with E-state index >= 15 is 0 Å². The Kier molecular flexibility index (Phi) is 13.6. The molecule has 0 spiro atoms. The van der Waals surface area contributed by atoms with Gasteiger partial charge >= 0.3 is 0 Å². The highest BCUT2D eigenvalue weighted by atomic mass is 15.0. The van der Waals surface area contributed by atoms with Crippen molar-refractivity contribution in [1.82, 2.24) is 9.13 Å². The fourth-order valence-corrected chi connectivity index (χ4v) is 15.8. The van der Waals surface area contributed by atoms with Gasteiger partial charge in [-0.25, -0.2) is 0 Å². The van der Waals surface area contributed by atoms with Crippen LogP contribution in [0.25, 0.3) is 99.5 Å². The van der Waals surface area contributed by atoms with Gasteiger partial charge in [0.05, 0.1) is 11.0 Å². The van der Waals surface area contributed by atoms with Crippen LogP contribution in [0.5, 0.6) is 0 Å². The molecule has 88 heavy (non-hydrogen) atoms. The van der Waals surface area contributed by atoms with Crippen molar-refractivity contribution in [3.8, 4) is 55.9 Å². The molecule has 15 rings (SSSR count). The van der Waals surface area contributed by atoms with Crippen molar-refractivity contribution in [2.75, 3.05) is 0 Å². The normalized spacial score (nSPS) is 12.9. The van der Waals surface area contributed by atoms with Gasteiger partial charge in [-0.1, -0.05) is 276 Å². The number of hydrogen-bond donors (Lipinski definition) is 0. The number of hydrogen-bond acceptors (Lipinski definition) is 0. The first-order chi connectivity index (χ1) is 42.7. The number of fused-ring (bicyclic) bond motifs is 10. The molecule has 0 bridgehead atoms. The van der Waals surface area contributed by atoms with E-state index in [0.29, 0.717) is 11.8 Å². The Balaban J connectivity index is 1.19. The summed E-state index contributed by atoms with van der Waals surface area (Å²) in [6, 6.07) is 84.9. The van der Waals surface area contributed by atoms with Gasteiger partial charge in [0.1, 0.15) is 0 Å². The maximum absolute atomic E-state index is 2.73. The third-order valence-corrected chi connectivity index (χ3v) is 20.0. The zero-order chi connectivity index (χ0) is 60.5. The monoisotopic (exact) mass is 1140 g/mol. The molecule has 0 N–H and O–H groups in total. The van der Waals surface area contributed by atoms with Crippen LogP contribution in [0.4, 0.5) is 0 Å². The molecule has 0 atom stereocenters. The second-order valence-electron chi connectivity index (χ2n) is 27.4. The summed E-state index contributed by atoms with van der Waals surface area (Å²) < 4.78 is 5.47. The van der Waals surface area contributed by atoms with Crippen LogP contribution in [0.1, 0.15) is 152 Å². The Hall–Kier alpha value is -8.85. The van der Waals surface area contributed by atoms with Crippen molar-refractivity contribution < 1.29 is 0 Å². The quantitative estimate of drug-likeness (QED) is 0.108. The predicted molar refractivity (Wildman–Crippen MR) is 384 cm³/mol. The fraction of sp³-hybridized carbons (Fsp3) is 0.214. The molecule has 0 saturated carbocycles. The number of benzene rings is 11. The molecule has 2 aromatic heterocycles. The molecule has 2 aliphatic rings. The van der Waals surface area contributed by atoms with Crippen molar-refractivity contribution in [3.63, 3.8) is 0 Å². The number of aromatic nitrogens is 2. The van der Waals surface area contributed by atoms with Gasteiger partial charge in [0, 0.05) is 44.0 Å². The Morgan fingerprint density at radius 1 is 0.273 bits per heavy atom. The highest BCUT2D eigenvalue weighted by molar-refractivity contribution is 7.00. The SMILES string of the molecule is CC(C)c1cc(C(C)C)c(B2c3cc4c(cc3-n3c5cccc(-c6ccccc6)c5c5cc(-c6ccccc6)cc2c53)B(c2c(C(C)C)cc(C(C)C)cc2C(C)C)c2cc(-c3ccccc3)cc3c5c(-c6ccccc6)cccc5n-4c23)c(C(C)C)c1. The minimum Gasteiger partial charge on any atom is -0.310 e. The van der Waals surface area contributed by atoms with E-state index in [-0.39, 0.29) is 37.1 Å². The summed E-state index contributed by atoms with van der Waals surface area (Å²) in [5, 5.41) is 5.18. The number of nitrogens with zero attached hydrogens (tertiary/aromatic N) is 2. The maximum Gasteiger partial charge on any atom is 0.247 e. The molecule has 11 aromatic carbocycles. The average Bonchev–Trinajstić information content (AvgIpc) is 1.43. The topological polar surface area (TPSA) is 9.86 Å². The lowest BCUT2D eigenvalue weighted by atomic mass is 9.31. The van der Waals surface area contributed by atoms with E-state index in [9.17, 15) is 0 Å². The molecule has 0 radical (unpaired) electrons. The molecule has 4 heteroatoms. The standard InChI is InChI=1S/C84H78B2N2/c1-49(2)59-39-65(51(5)6)81(66(40-59)52(7)8)85-71-47-78-72(48-77(71)87-75-37-25-35-63(57-31-21-15-22-32-57)79(75)69-43-61(45-73(85)83(69)87)55-27-17-13-18-28-55)86(82-67(53(9)10)41-60(50(3)4)42-68(82)54(11)12)74-46-62(56-29-19-14-20-30-56)44-70-80-64(58-33-23-16-24-34-58)36-26-38-76(80)88(78)84(70)74/h13-54H,1-12H3. The zero-order valence-corrected chi connectivity index (χ0v) is 53.3. The Labute approximate surface area is 522 Å². The summed E-state index contributed by atoms with van der Waals surface area (Å²) in [5.74, 6) is 1.86. The molecule has 430 valence electrons.